The van der Waals surface area contributed by atoms with E-state index in [2.05, 4.69) is 5.32 Å². The van der Waals surface area contributed by atoms with E-state index in [1.807, 2.05) is 0 Å². The highest BCUT2D eigenvalue weighted by Gasteiger charge is 2.30. The molecule has 2 aromatic carbocycles. The van der Waals surface area contributed by atoms with Crippen LogP contribution < -0.4 is 10.2 Å². The quantitative estimate of drug-likeness (QED) is 0.823. The predicted molar refractivity (Wildman–Crippen MR) is 101 cm³/mol. The zero-order chi connectivity index (χ0) is 18.0. The molecule has 0 radical (unpaired) electrons. The van der Waals surface area contributed by atoms with Crippen LogP contribution in [0.1, 0.15) is 0 Å². The van der Waals surface area contributed by atoms with Gasteiger partial charge in [0.25, 0.3) is 0 Å². The number of urea groups is 1. The summed E-state index contributed by atoms with van der Waals surface area (Å²) >= 11 is 17.7. The second-order valence-electron chi connectivity index (χ2n) is 5.54. The SMILES string of the molecule is O=C(CN1CCN(c2ccc(Cl)cc2)C1=O)Nc1cc(Cl)cc(Cl)c1. The van der Waals surface area contributed by atoms with E-state index in [1.54, 1.807) is 47.4 Å². The molecule has 3 rings (SSSR count). The Morgan fingerprint density at radius 1 is 0.960 bits per heavy atom. The zero-order valence-electron chi connectivity index (χ0n) is 13.0. The Balaban J connectivity index is 1.62. The first kappa shape index (κ1) is 17.9. The van der Waals surface area contributed by atoms with Crippen molar-refractivity contribution in [2.24, 2.45) is 0 Å². The molecule has 1 saturated heterocycles. The molecule has 0 saturated carbocycles. The Bertz CT molecular complexity index is 791. The Labute approximate surface area is 160 Å². The molecule has 1 aliphatic heterocycles. The van der Waals surface area contributed by atoms with Crippen LogP contribution in [0.2, 0.25) is 15.1 Å². The van der Waals surface area contributed by atoms with Crippen LogP contribution in [-0.4, -0.2) is 36.5 Å². The smallest absolute Gasteiger partial charge is 0.324 e. The van der Waals surface area contributed by atoms with E-state index in [0.717, 1.165) is 5.69 Å². The maximum absolute atomic E-state index is 12.5. The van der Waals surface area contributed by atoms with Gasteiger partial charge in [0.05, 0.1) is 0 Å². The summed E-state index contributed by atoms with van der Waals surface area (Å²) in [4.78, 5) is 27.8. The second-order valence-corrected chi connectivity index (χ2v) is 6.85. The first-order valence-electron chi connectivity index (χ1n) is 7.50. The van der Waals surface area contributed by atoms with Gasteiger partial charge in [-0.05, 0) is 42.5 Å². The van der Waals surface area contributed by atoms with Gasteiger partial charge in [-0.25, -0.2) is 4.79 Å². The molecule has 0 aliphatic carbocycles. The van der Waals surface area contributed by atoms with Gasteiger partial charge in [0.2, 0.25) is 5.91 Å². The summed E-state index contributed by atoms with van der Waals surface area (Å²) in [5, 5.41) is 4.15. The molecule has 1 fully saturated rings. The summed E-state index contributed by atoms with van der Waals surface area (Å²) in [7, 11) is 0. The molecule has 1 N–H and O–H groups in total. The summed E-state index contributed by atoms with van der Waals surface area (Å²) in [6.45, 7) is 0.926. The van der Waals surface area contributed by atoms with Crippen molar-refractivity contribution in [3.8, 4) is 0 Å². The minimum atomic E-state index is -0.315. The molecule has 8 heteroatoms. The highest BCUT2D eigenvalue weighted by atomic mass is 35.5. The number of anilines is 2. The molecule has 5 nitrogen and oxygen atoms in total. The lowest BCUT2D eigenvalue weighted by molar-refractivity contribution is -0.116. The number of hydrogen-bond donors (Lipinski definition) is 1. The van der Waals surface area contributed by atoms with Crippen molar-refractivity contribution >= 4 is 58.1 Å². The molecule has 0 unspecified atom stereocenters. The fraction of sp³-hybridized carbons (Fsp3) is 0.176. The third-order valence-electron chi connectivity index (χ3n) is 3.71. The molecular weight excluding hydrogens is 385 g/mol. The van der Waals surface area contributed by atoms with Crippen LogP contribution in [0, 0.1) is 0 Å². The van der Waals surface area contributed by atoms with Gasteiger partial charge in [0.15, 0.2) is 0 Å². The van der Waals surface area contributed by atoms with Crippen molar-refractivity contribution < 1.29 is 9.59 Å². The van der Waals surface area contributed by atoms with Crippen LogP contribution in [0.5, 0.6) is 0 Å². The Hall–Kier alpha value is -1.95. The lowest BCUT2D eigenvalue weighted by Gasteiger charge is -2.18. The van der Waals surface area contributed by atoms with Crippen LogP contribution in [0.25, 0.3) is 0 Å². The Morgan fingerprint density at radius 3 is 2.24 bits per heavy atom. The highest BCUT2D eigenvalue weighted by molar-refractivity contribution is 6.35. The third kappa shape index (κ3) is 4.37. The van der Waals surface area contributed by atoms with Gasteiger partial charge in [-0.2, -0.15) is 0 Å². The van der Waals surface area contributed by atoms with Crippen LogP contribution >= 0.6 is 34.8 Å². The van der Waals surface area contributed by atoms with Gasteiger partial charge in [0.1, 0.15) is 6.54 Å². The maximum atomic E-state index is 12.5. The monoisotopic (exact) mass is 397 g/mol. The largest absolute Gasteiger partial charge is 0.325 e. The molecule has 0 spiro atoms. The second kappa shape index (κ2) is 7.52. The van der Waals surface area contributed by atoms with Gasteiger partial charge < -0.3 is 10.2 Å². The number of nitrogens with zero attached hydrogens (tertiary/aromatic N) is 2. The lowest BCUT2D eigenvalue weighted by Crippen LogP contribution is -2.37. The fourth-order valence-corrected chi connectivity index (χ4v) is 3.24. The minimum absolute atomic E-state index is 0.0486. The van der Waals surface area contributed by atoms with Crippen molar-refractivity contribution in [1.29, 1.82) is 0 Å². The molecule has 0 bridgehead atoms. The number of nitrogens with one attached hydrogen (secondary N) is 1. The van der Waals surface area contributed by atoms with Gasteiger partial charge >= 0.3 is 6.03 Å². The summed E-state index contributed by atoms with van der Waals surface area (Å²) in [5.41, 5.74) is 1.24. The van der Waals surface area contributed by atoms with E-state index < -0.39 is 0 Å². The molecule has 0 atom stereocenters. The van der Waals surface area contributed by atoms with Gasteiger partial charge in [-0.3, -0.25) is 9.69 Å². The number of benzene rings is 2. The molecule has 1 heterocycles. The number of rotatable bonds is 4. The average Bonchev–Trinajstić information content (AvgIpc) is 2.88. The molecule has 1 aliphatic rings. The van der Waals surface area contributed by atoms with Crippen LogP contribution in [0.3, 0.4) is 0 Å². The van der Waals surface area contributed by atoms with Crippen LogP contribution in [0.4, 0.5) is 16.2 Å². The van der Waals surface area contributed by atoms with Crippen molar-refractivity contribution in [1.82, 2.24) is 4.90 Å². The van der Waals surface area contributed by atoms with E-state index in [0.29, 0.717) is 33.8 Å². The molecule has 2 aromatic rings. The normalized spacial score (nSPS) is 14.1. The standard InChI is InChI=1S/C17H14Cl3N3O2/c18-11-1-3-15(4-2-11)23-6-5-22(17(23)25)10-16(24)21-14-8-12(19)7-13(20)9-14/h1-4,7-9H,5-6,10H2,(H,21,24). The first-order valence-corrected chi connectivity index (χ1v) is 8.64. The van der Waals surface area contributed by atoms with Crippen molar-refractivity contribution in [3.05, 3.63) is 57.5 Å². The van der Waals surface area contributed by atoms with Crippen molar-refractivity contribution in [3.63, 3.8) is 0 Å². The first-order chi connectivity index (χ1) is 11.9. The molecule has 130 valence electrons. The van der Waals surface area contributed by atoms with Gasteiger partial charge in [0, 0.05) is 39.5 Å². The minimum Gasteiger partial charge on any atom is -0.324 e. The van der Waals surface area contributed by atoms with Crippen molar-refractivity contribution in [2.75, 3.05) is 29.9 Å². The van der Waals surface area contributed by atoms with Gasteiger partial charge in [-0.1, -0.05) is 34.8 Å². The third-order valence-corrected chi connectivity index (χ3v) is 4.40. The zero-order valence-corrected chi connectivity index (χ0v) is 15.3. The van der Waals surface area contributed by atoms with Crippen LogP contribution in [-0.2, 0) is 4.79 Å². The summed E-state index contributed by atoms with van der Waals surface area (Å²) in [6, 6.07) is 11.5. The summed E-state index contributed by atoms with van der Waals surface area (Å²) < 4.78 is 0. The summed E-state index contributed by atoms with van der Waals surface area (Å²) in [6.07, 6.45) is 0. The number of halogens is 3. The predicted octanol–water partition coefficient (Wildman–Crippen LogP) is 4.53. The van der Waals surface area contributed by atoms with E-state index in [9.17, 15) is 9.59 Å². The van der Waals surface area contributed by atoms with E-state index >= 15 is 0 Å². The number of carbonyl (C=O) groups excluding carboxylic acids is 2. The Kier molecular flexibility index (Phi) is 5.37. The number of amides is 3. The van der Waals surface area contributed by atoms with Crippen molar-refractivity contribution in [2.45, 2.75) is 0 Å². The highest BCUT2D eigenvalue weighted by Crippen LogP contribution is 2.24. The summed E-state index contributed by atoms with van der Waals surface area (Å²) in [5.74, 6) is -0.315. The number of hydrogen-bond acceptors (Lipinski definition) is 2. The average molecular weight is 399 g/mol. The fourth-order valence-electron chi connectivity index (χ4n) is 2.59. The maximum Gasteiger partial charge on any atom is 0.325 e. The molecule has 0 aromatic heterocycles. The topological polar surface area (TPSA) is 52.7 Å². The van der Waals surface area contributed by atoms with Crippen LogP contribution in [0.15, 0.2) is 42.5 Å². The van der Waals surface area contributed by atoms with E-state index in [1.165, 1.54) is 4.90 Å². The Morgan fingerprint density at radius 2 is 1.60 bits per heavy atom. The molecular formula is C17H14Cl3N3O2. The van der Waals surface area contributed by atoms with Gasteiger partial charge in [-0.15, -0.1) is 0 Å². The molecule has 25 heavy (non-hydrogen) atoms. The van der Waals surface area contributed by atoms with E-state index in [-0.39, 0.29) is 18.5 Å². The molecule has 3 amide bonds. The lowest BCUT2D eigenvalue weighted by atomic mass is 10.3. The number of carbonyl (C=O) groups is 2. The van der Waals surface area contributed by atoms with E-state index in [4.69, 9.17) is 34.8 Å².